The zero-order chi connectivity index (χ0) is 15.6. The number of halogens is 2. The molecule has 0 fully saturated rings. The molecule has 2 aromatic rings. The Morgan fingerprint density at radius 1 is 1.14 bits per heavy atom. The summed E-state index contributed by atoms with van der Waals surface area (Å²) >= 11 is 9.95. The van der Waals surface area contributed by atoms with Crippen LogP contribution in [0.2, 0.25) is 5.02 Å². The predicted molar refractivity (Wildman–Crippen MR) is 92.5 cm³/mol. The molecular formula is C17H19BrClNO. The van der Waals surface area contributed by atoms with Crippen molar-refractivity contribution >= 4 is 27.5 Å². The molecule has 0 heterocycles. The molecule has 0 aromatic heterocycles. The fourth-order valence-electron chi connectivity index (χ4n) is 2.56. The van der Waals surface area contributed by atoms with Crippen LogP contribution in [0.15, 0.2) is 34.8 Å². The molecule has 0 aliphatic carbocycles. The molecule has 2 aromatic carbocycles. The highest BCUT2D eigenvalue weighted by atomic mass is 79.9. The average Bonchev–Trinajstić information content (AvgIpc) is 2.47. The summed E-state index contributed by atoms with van der Waals surface area (Å²) in [5.74, 6) is 0.909. The van der Waals surface area contributed by atoms with E-state index in [-0.39, 0.29) is 6.04 Å². The summed E-state index contributed by atoms with van der Waals surface area (Å²) in [4.78, 5) is 0. The minimum Gasteiger partial charge on any atom is -0.496 e. The lowest BCUT2D eigenvalue weighted by atomic mass is 9.93. The fourth-order valence-corrected chi connectivity index (χ4v) is 3.18. The van der Waals surface area contributed by atoms with Gasteiger partial charge in [0, 0.05) is 4.47 Å². The number of benzene rings is 2. The highest BCUT2D eigenvalue weighted by Crippen LogP contribution is 2.36. The molecule has 0 saturated carbocycles. The average molecular weight is 369 g/mol. The molecule has 1 unspecified atom stereocenters. The summed E-state index contributed by atoms with van der Waals surface area (Å²) in [6, 6.07) is 10.3. The summed E-state index contributed by atoms with van der Waals surface area (Å²) < 4.78 is 6.30. The van der Waals surface area contributed by atoms with Crippen molar-refractivity contribution in [3.05, 3.63) is 62.1 Å². The molecule has 21 heavy (non-hydrogen) atoms. The van der Waals surface area contributed by atoms with E-state index in [0.717, 1.165) is 26.4 Å². The maximum absolute atomic E-state index is 6.46. The third-order valence-electron chi connectivity index (χ3n) is 3.68. The van der Waals surface area contributed by atoms with Gasteiger partial charge in [0.2, 0.25) is 0 Å². The van der Waals surface area contributed by atoms with Crippen LogP contribution in [0.1, 0.15) is 28.3 Å². The van der Waals surface area contributed by atoms with Crippen LogP contribution in [0.3, 0.4) is 0 Å². The maximum atomic E-state index is 6.46. The number of rotatable bonds is 4. The van der Waals surface area contributed by atoms with E-state index in [4.69, 9.17) is 16.3 Å². The second-order valence-electron chi connectivity index (χ2n) is 5.04. The number of hydrogen-bond acceptors (Lipinski definition) is 2. The number of hydrogen-bond donors (Lipinski definition) is 1. The SMILES string of the molecule is CNC(c1cc(C)c(OC)cc1C)c1cccc(Br)c1Cl. The Hall–Kier alpha value is -1.03. The van der Waals surface area contributed by atoms with Crippen LogP contribution in [-0.2, 0) is 0 Å². The third-order valence-corrected chi connectivity index (χ3v) is 4.99. The van der Waals surface area contributed by atoms with E-state index in [9.17, 15) is 0 Å². The van der Waals surface area contributed by atoms with Crippen molar-refractivity contribution in [1.29, 1.82) is 0 Å². The maximum Gasteiger partial charge on any atom is 0.122 e. The molecule has 0 spiro atoms. The molecule has 0 bridgehead atoms. The van der Waals surface area contributed by atoms with E-state index >= 15 is 0 Å². The van der Waals surface area contributed by atoms with Crippen molar-refractivity contribution in [3.8, 4) is 5.75 Å². The quantitative estimate of drug-likeness (QED) is 0.816. The van der Waals surface area contributed by atoms with E-state index in [1.54, 1.807) is 7.11 Å². The number of methoxy groups -OCH3 is 1. The van der Waals surface area contributed by atoms with Crippen molar-refractivity contribution in [2.45, 2.75) is 19.9 Å². The highest BCUT2D eigenvalue weighted by molar-refractivity contribution is 9.10. The van der Waals surface area contributed by atoms with Crippen molar-refractivity contribution in [2.75, 3.05) is 14.2 Å². The lowest BCUT2D eigenvalue weighted by Gasteiger charge is -2.22. The summed E-state index contributed by atoms with van der Waals surface area (Å²) in [6.45, 7) is 4.14. The van der Waals surface area contributed by atoms with Crippen molar-refractivity contribution in [3.63, 3.8) is 0 Å². The molecule has 0 aliphatic rings. The Labute approximate surface area is 139 Å². The molecule has 2 rings (SSSR count). The summed E-state index contributed by atoms with van der Waals surface area (Å²) in [6.07, 6.45) is 0. The van der Waals surface area contributed by atoms with Gasteiger partial charge in [0.15, 0.2) is 0 Å². The van der Waals surface area contributed by atoms with Gasteiger partial charge in [-0.2, -0.15) is 0 Å². The molecule has 1 atom stereocenters. The summed E-state index contributed by atoms with van der Waals surface area (Å²) in [7, 11) is 3.64. The minimum atomic E-state index is 0.0413. The van der Waals surface area contributed by atoms with Crippen LogP contribution in [0.25, 0.3) is 0 Å². The van der Waals surface area contributed by atoms with Crippen LogP contribution in [0.5, 0.6) is 5.75 Å². The van der Waals surface area contributed by atoms with Gasteiger partial charge >= 0.3 is 0 Å². The van der Waals surface area contributed by atoms with E-state index in [0.29, 0.717) is 0 Å². The Bertz CT molecular complexity index is 657. The van der Waals surface area contributed by atoms with Gasteiger partial charge in [-0.3, -0.25) is 0 Å². The van der Waals surface area contributed by atoms with E-state index in [2.05, 4.69) is 47.2 Å². The molecule has 112 valence electrons. The van der Waals surface area contributed by atoms with Crippen LogP contribution in [0, 0.1) is 13.8 Å². The van der Waals surface area contributed by atoms with Gasteiger partial charge in [0.1, 0.15) is 5.75 Å². The topological polar surface area (TPSA) is 21.3 Å². The first-order valence-corrected chi connectivity index (χ1v) is 7.93. The van der Waals surface area contributed by atoms with Gasteiger partial charge < -0.3 is 10.1 Å². The first-order chi connectivity index (χ1) is 9.99. The Morgan fingerprint density at radius 2 is 1.86 bits per heavy atom. The van der Waals surface area contributed by atoms with Gasteiger partial charge in [-0.1, -0.05) is 29.8 Å². The molecule has 0 amide bonds. The predicted octanol–water partition coefficient (Wildman–Crippen LogP) is 5.04. The summed E-state index contributed by atoms with van der Waals surface area (Å²) in [5, 5.41) is 4.10. The van der Waals surface area contributed by atoms with Crippen LogP contribution in [0.4, 0.5) is 0 Å². The standard InChI is InChI=1S/C17H19BrClNO/c1-10-9-15(21-4)11(2)8-13(10)17(20-3)12-6-5-7-14(18)16(12)19/h5-9,17,20H,1-4H3. The third kappa shape index (κ3) is 3.25. The van der Waals surface area contributed by atoms with Crippen LogP contribution >= 0.6 is 27.5 Å². The van der Waals surface area contributed by atoms with Gasteiger partial charge in [-0.05, 0) is 71.2 Å². The monoisotopic (exact) mass is 367 g/mol. The molecule has 0 saturated heterocycles. The van der Waals surface area contributed by atoms with E-state index in [1.807, 2.05) is 25.2 Å². The first-order valence-electron chi connectivity index (χ1n) is 6.76. The zero-order valence-corrected chi connectivity index (χ0v) is 15.0. The van der Waals surface area contributed by atoms with Gasteiger partial charge in [0.25, 0.3) is 0 Å². The number of aryl methyl sites for hydroxylation is 2. The van der Waals surface area contributed by atoms with Gasteiger partial charge in [-0.25, -0.2) is 0 Å². The number of ether oxygens (including phenoxy) is 1. The van der Waals surface area contributed by atoms with Gasteiger partial charge in [-0.15, -0.1) is 0 Å². The highest BCUT2D eigenvalue weighted by Gasteiger charge is 2.19. The van der Waals surface area contributed by atoms with Crippen LogP contribution in [-0.4, -0.2) is 14.2 Å². The van der Waals surface area contributed by atoms with E-state index in [1.165, 1.54) is 11.1 Å². The largest absolute Gasteiger partial charge is 0.496 e. The molecule has 0 aliphatic heterocycles. The fraction of sp³-hybridized carbons (Fsp3) is 0.294. The Morgan fingerprint density at radius 3 is 2.48 bits per heavy atom. The Balaban J connectivity index is 2.57. The lowest BCUT2D eigenvalue weighted by molar-refractivity contribution is 0.411. The van der Waals surface area contributed by atoms with Crippen molar-refractivity contribution in [2.24, 2.45) is 0 Å². The first kappa shape index (κ1) is 16.3. The lowest BCUT2D eigenvalue weighted by Crippen LogP contribution is -2.19. The zero-order valence-electron chi connectivity index (χ0n) is 12.6. The second kappa shape index (κ2) is 6.82. The molecule has 2 nitrogen and oxygen atoms in total. The molecule has 4 heteroatoms. The Kier molecular flexibility index (Phi) is 5.31. The smallest absolute Gasteiger partial charge is 0.122 e. The summed E-state index contributed by atoms with van der Waals surface area (Å²) in [5.41, 5.74) is 4.55. The van der Waals surface area contributed by atoms with Crippen molar-refractivity contribution < 1.29 is 4.74 Å². The normalized spacial score (nSPS) is 12.3. The van der Waals surface area contributed by atoms with Crippen LogP contribution < -0.4 is 10.1 Å². The molecule has 0 radical (unpaired) electrons. The van der Waals surface area contributed by atoms with Crippen molar-refractivity contribution in [1.82, 2.24) is 5.32 Å². The minimum absolute atomic E-state index is 0.0413. The molecular weight excluding hydrogens is 350 g/mol. The van der Waals surface area contributed by atoms with E-state index < -0.39 is 0 Å². The molecule has 1 N–H and O–H groups in total. The second-order valence-corrected chi connectivity index (χ2v) is 6.28. The van der Waals surface area contributed by atoms with Gasteiger partial charge in [0.05, 0.1) is 18.2 Å². The number of nitrogens with one attached hydrogen (secondary N) is 1.